The lowest BCUT2D eigenvalue weighted by Crippen LogP contribution is -2.50. The van der Waals surface area contributed by atoms with Crippen LogP contribution < -0.4 is 4.74 Å². The molecule has 0 unspecified atom stereocenters. The number of likely N-dealkylation sites (N-methyl/N-ethyl adjacent to an activating group) is 1. The minimum atomic E-state index is -0.371. The van der Waals surface area contributed by atoms with Crippen LogP contribution in [0.15, 0.2) is 42.6 Å². The second kappa shape index (κ2) is 11.7. The third-order valence-electron chi connectivity index (χ3n) is 6.07. The van der Waals surface area contributed by atoms with Gasteiger partial charge in [0.2, 0.25) is 11.8 Å². The number of aliphatic hydroxyl groups excluding tert-OH is 1. The summed E-state index contributed by atoms with van der Waals surface area (Å²) in [6.45, 7) is 6.23. The molecule has 3 rings (SSSR count). The Morgan fingerprint density at radius 3 is 2.76 bits per heavy atom. The number of hydrogen-bond acceptors (Lipinski definition) is 5. The van der Waals surface area contributed by atoms with E-state index < -0.39 is 0 Å². The van der Waals surface area contributed by atoms with Gasteiger partial charge in [0, 0.05) is 44.1 Å². The normalized spacial score (nSPS) is 18.5. The highest BCUT2D eigenvalue weighted by molar-refractivity contribution is 5.97. The molecule has 1 N–H and O–H groups in total. The highest BCUT2D eigenvalue weighted by Crippen LogP contribution is 2.27. The number of aromatic nitrogens is 1. The van der Waals surface area contributed by atoms with Crippen LogP contribution in [0.25, 0.3) is 0 Å². The van der Waals surface area contributed by atoms with Gasteiger partial charge in [0.1, 0.15) is 11.7 Å². The molecule has 34 heavy (non-hydrogen) atoms. The Balaban J connectivity index is 1.93. The van der Waals surface area contributed by atoms with Crippen molar-refractivity contribution in [2.75, 3.05) is 26.7 Å². The van der Waals surface area contributed by atoms with Crippen molar-refractivity contribution in [1.82, 2.24) is 14.8 Å². The van der Waals surface area contributed by atoms with Gasteiger partial charge in [0.25, 0.3) is 5.91 Å². The van der Waals surface area contributed by atoms with E-state index in [0.717, 1.165) is 5.56 Å². The maximum Gasteiger partial charge on any atom is 0.259 e. The summed E-state index contributed by atoms with van der Waals surface area (Å²) in [5, 5.41) is 9.78. The van der Waals surface area contributed by atoms with Crippen molar-refractivity contribution in [1.29, 1.82) is 0 Å². The number of pyridine rings is 1. The molecule has 2 aromatic rings. The summed E-state index contributed by atoms with van der Waals surface area (Å²) in [7, 11) is 1.75. The first-order valence-corrected chi connectivity index (χ1v) is 11.7. The Kier molecular flexibility index (Phi) is 8.67. The summed E-state index contributed by atoms with van der Waals surface area (Å²) in [6.07, 6.45) is 2.24. The zero-order valence-corrected chi connectivity index (χ0v) is 20.3. The molecule has 7 heteroatoms. The molecule has 2 amide bonds. The molecule has 1 aromatic carbocycles. The molecule has 1 aliphatic heterocycles. The van der Waals surface area contributed by atoms with Crippen LogP contribution in [0.3, 0.4) is 0 Å². The van der Waals surface area contributed by atoms with E-state index >= 15 is 0 Å². The Labute approximate surface area is 201 Å². The second-order valence-electron chi connectivity index (χ2n) is 8.79. The lowest BCUT2D eigenvalue weighted by Gasteiger charge is -2.37. The summed E-state index contributed by atoms with van der Waals surface area (Å²) in [6, 6.07) is 11.3. The predicted molar refractivity (Wildman–Crippen MR) is 130 cm³/mol. The monoisotopic (exact) mass is 463 g/mol. The van der Waals surface area contributed by atoms with Gasteiger partial charge < -0.3 is 19.6 Å². The zero-order chi connectivity index (χ0) is 24.7. The van der Waals surface area contributed by atoms with Crippen LogP contribution in [0.2, 0.25) is 0 Å². The molecule has 7 nitrogen and oxygen atoms in total. The number of benzene rings is 1. The fraction of sp³-hybridized carbons (Fsp3) is 0.444. The largest absolute Gasteiger partial charge is 0.472 e. The Morgan fingerprint density at radius 1 is 1.35 bits per heavy atom. The SMILES string of the molecule is CCC(=O)N(C)C[C@@H]1Oc2ncc(C#CCc3ccccc3)cc2C(=O)N([C@@H](C)CO)C[C@@H]1C. The van der Waals surface area contributed by atoms with E-state index in [2.05, 4.69) is 16.8 Å². The number of carbonyl (C=O) groups excluding carboxylic acids is 2. The van der Waals surface area contributed by atoms with Crippen LogP contribution in [0, 0.1) is 17.8 Å². The molecule has 0 saturated carbocycles. The smallest absolute Gasteiger partial charge is 0.259 e. The van der Waals surface area contributed by atoms with Crippen molar-refractivity contribution in [2.24, 2.45) is 5.92 Å². The maximum atomic E-state index is 13.4. The summed E-state index contributed by atoms with van der Waals surface area (Å²) < 4.78 is 6.21. The van der Waals surface area contributed by atoms with Crippen molar-refractivity contribution in [2.45, 2.75) is 45.8 Å². The summed E-state index contributed by atoms with van der Waals surface area (Å²) in [4.78, 5) is 33.3. The van der Waals surface area contributed by atoms with Crippen LogP contribution >= 0.6 is 0 Å². The van der Waals surface area contributed by atoms with Crippen molar-refractivity contribution >= 4 is 11.8 Å². The van der Waals surface area contributed by atoms with E-state index in [1.165, 1.54) is 0 Å². The van der Waals surface area contributed by atoms with Crippen LogP contribution in [-0.4, -0.2) is 70.6 Å². The van der Waals surface area contributed by atoms with E-state index in [-0.39, 0.29) is 42.4 Å². The lowest BCUT2D eigenvalue weighted by atomic mass is 9.99. The first-order chi connectivity index (χ1) is 16.3. The fourth-order valence-corrected chi connectivity index (χ4v) is 3.87. The molecule has 1 aliphatic rings. The molecule has 2 heterocycles. The fourth-order valence-electron chi connectivity index (χ4n) is 3.87. The lowest BCUT2D eigenvalue weighted by molar-refractivity contribution is -0.131. The number of carbonyl (C=O) groups is 2. The van der Waals surface area contributed by atoms with E-state index in [0.29, 0.717) is 37.1 Å². The molecule has 0 bridgehead atoms. The van der Waals surface area contributed by atoms with Crippen molar-refractivity contribution in [3.05, 3.63) is 59.3 Å². The molecule has 0 radical (unpaired) electrons. The van der Waals surface area contributed by atoms with Gasteiger partial charge in [-0.2, -0.15) is 0 Å². The summed E-state index contributed by atoms with van der Waals surface area (Å²) >= 11 is 0. The highest BCUT2D eigenvalue weighted by Gasteiger charge is 2.34. The van der Waals surface area contributed by atoms with E-state index in [1.807, 2.05) is 51.1 Å². The molecule has 1 aromatic heterocycles. The summed E-state index contributed by atoms with van der Waals surface area (Å²) in [5.41, 5.74) is 2.04. The van der Waals surface area contributed by atoms with Gasteiger partial charge in [-0.15, -0.1) is 0 Å². The van der Waals surface area contributed by atoms with Crippen molar-refractivity contribution in [3.8, 4) is 17.7 Å². The minimum Gasteiger partial charge on any atom is -0.472 e. The third kappa shape index (κ3) is 6.15. The predicted octanol–water partition coefficient (Wildman–Crippen LogP) is 2.76. The number of amides is 2. The van der Waals surface area contributed by atoms with Crippen LogP contribution in [0.5, 0.6) is 5.88 Å². The number of rotatable bonds is 6. The highest BCUT2D eigenvalue weighted by atomic mass is 16.5. The molecule has 0 saturated heterocycles. The third-order valence-corrected chi connectivity index (χ3v) is 6.07. The number of hydrogen-bond donors (Lipinski definition) is 1. The number of fused-ring (bicyclic) bond motifs is 1. The number of nitrogens with zero attached hydrogens (tertiary/aromatic N) is 3. The van der Waals surface area contributed by atoms with Gasteiger partial charge in [0.15, 0.2) is 0 Å². The van der Waals surface area contributed by atoms with Crippen molar-refractivity contribution in [3.63, 3.8) is 0 Å². The first kappa shape index (κ1) is 25.3. The zero-order valence-electron chi connectivity index (χ0n) is 20.3. The molecular formula is C27H33N3O4. The first-order valence-electron chi connectivity index (χ1n) is 11.7. The van der Waals surface area contributed by atoms with Gasteiger partial charge >= 0.3 is 0 Å². The Morgan fingerprint density at radius 2 is 2.09 bits per heavy atom. The minimum absolute atomic E-state index is 0.0201. The van der Waals surface area contributed by atoms with Crippen molar-refractivity contribution < 1.29 is 19.4 Å². The average Bonchev–Trinajstić information content (AvgIpc) is 2.85. The van der Waals surface area contributed by atoms with E-state index in [1.54, 1.807) is 29.1 Å². The van der Waals surface area contributed by atoms with Crippen LogP contribution in [-0.2, 0) is 11.2 Å². The quantitative estimate of drug-likeness (QED) is 0.666. The number of ether oxygens (including phenoxy) is 1. The average molecular weight is 464 g/mol. The summed E-state index contributed by atoms with van der Waals surface area (Å²) in [5.74, 6) is 6.14. The van der Waals surface area contributed by atoms with Crippen LogP contribution in [0.1, 0.15) is 48.7 Å². The molecule has 0 aliphatic carbocycles. The number of aliphatic hydroxyl groups is 1. The Hall–Kier alpha value is -3.37. The standard InChI is InChI=1S/C27H33N3O4/c1-5-25(32)29(4)17-24-19(2)16-30(20(3)18-31)27(33)23-14-22(15-28-26(23)34-24)13-9-12-21-10-7-6-8-11-21/h6-8,10-11,14-15,19-20,24,31H,5,12,16-18H2,1-4H3/t19-,20-,24-/m0/s1. The van der Waals surface area contributed by atoms with Gasteiger partial charge in [-0.25, -0.2) is 4.98 Å². The molecule has 180 valence electrons. The molecule has 0 spiro atoms. The molecular weight excluding hydrogens is 430 g/mol. The second-order valence-corrected chi connectivity index (χ2v) is 8.79. The van der Waals surface area contributed by atoms with Gasteiger partial charge in [0.05, 0.1) is 19.2 Å². The topological polar surface area (TPSA) is 83.0 Å². The van der Waals surface area contributed by atoms with E-state index in [4.69, 9.17) is 4.74 Å². The van der Waals surface area contributed by atoms with Crippen LogP contribution in [0.4, 0.5) is 0 Å². The molecule has 0 fully saturated rings. The van der Waals surface area contributed by atoms with Gasteiger partial charge in [-0.3, -0.25) is 9.59 Å². The van der Waals surface area contributed by atoms with Gasteiger partial charge in [-0.05, 0) is 18.6 Å². The van der Waals surface area contributed by atoms with Gasteiger partial charge in [-0.1, -0.05) is 56.0 Å². The maximum absolute atomic E-state index is 13.4. The molecule has 3 atom stereocenters. The Bertz CT molecular complexity index is 1060. The van der Waals surface area contributed by atoms with E-state index in [9.17, 15) is 14.7 Å².